The van der Waals surface area contributed by atoms with Gasteiger partial charge in [0.05, 0.1) is 20.7 Å². The van der Waals surface area contributed by atoms with Crippen molar-refractivity contribution in [1.82, 2.24) is 18.9 Å². The number of thiophene rings is 1. The molecule has 1 aromatic carbocycles. The second-order valence-electron chi connectivity index (χ2n) is 7.62. The number of nitrogens with zero attached hydrogens (tertiary/aromatic N) is 4. The Hall–Kier alpha value is -1.69. The molecule has 0 atom stereocenters. The fourth-order valence-electron chi connectivity index (χ4n) is 3.86. The molecule has 1 N–H and O–H groups in total. The number of halogens is 3. The predicted octanol–water partition coefficient (Wildman–Crippen LogP) is 5.79. The van der Waals surface area contributed by atoms with Gasteiger partial charge < -0.3 is 5.32 Å². The van der Waals surface area contributed by atoms with E-state index in [1.807, 2.05) is 30.3 Å². The largest absolute Gasteiger partial charge is 0.367 e. The van der Waals surface area contributed by atoms with E-state index in [1.165, 1.54) is 4.31 Å². The van der Waals surface area contributed by atoms with Gasteiger partial charge in [0.1, 0.15) is 10.0 Å². The van der Waals surface area contributed by atoms with Gasteiger partial charge in [-0.2, -0.15) is 13.9 Å². The van der Waals surface area contributed by atoms with Crippen molar-refractivity contribution in [2.75, 3.05) is 18.4 Å². The number of aromatic nitrogens is 3. The smallest absolute Gasteiger partial charge is 0.252 e. The Morgan fingerprint density at radius 1 is 1.12 bits per heavy atom. The maximum Gasteiger partial charge on any atom is 0.252 e. The third kappa shape index (κ3) is 4.52. The molecule has 0 radical (unpaired) electrons. The molecule has 0 aliphatic carbocycles. The van der Waals surface area contributed by atoms with Crippen LogP contribution in [0.1, 0.15) is 12.8 Å². The summed E-state index contributed by atoms with van der Waals surface area (Å²) in [5.74, 6) is 0.770. The third-order valence-corrected chi connectivity index (χ3v) is 10.0. The first-order valence-electron chi connectivity index (χ1n) is 10.1. The molecular formula is C21H18BrCl2N5O2S2. The van der Waals surface area contributed by atoms with Crippen molar-refractivity contribution >= 4 is 72.0 Å². The van der Waals surface area contributed by atoms with Crippen LogP contribution in [0.2, 0.25) is 9.36 Å². The van der Waals surface area contributed by atoms with Gasteiger partial charge in [0.25, 0.3) is 10.0 Å². The number of rotatable bonds is 5. The van der Waals surface area contributed by atoms with Crippen molar-refractivity contribution in [2.24, 2.45) is 0 Å². The number of hydrogen-bond acceptors (Lipinski definition) is 6. The normalized spacial score (nSPS) is 15.8. The first-order valence-corrected chi connectivity index (χ1v) is 13.9. The monoisotopic (exact) mass is 585 g/mol. The van der Waals surface area contributed by atoms with Crippen LogP contribution in [0.3, 0.4) is 0 Å². The molecule has 0 amide bonds. The maximum atomic E-state index is 12.9. The molecule has 1 aliphatic heterocycles. The van der Waals surface area contributed by atoms with Crippen molar-refractivity contribution in [3.05, 3.63) is 62.5 Å². The molecule has 1 saturated heterocycles. The molecule has 0 unspecified atom stereocenters. The number of benzene rings is 1. The van der Waals surface area contributed by atoms with Gasteiger partial charge in [0.15, 0.2) is 5.65 Å². The summed E-state index contributed by atoms with van der Waals surface area (Å²) in [6.07, 6.45) is 3.02. The van der Waals surface area contributed by atoms with Gasteiger partial charge in [-0.15, -0.1) is 11.3 Å². The van der Waals surface area contributed by atoms with E-state index in [-0.39, 0.29) is 10.3 Å². The van der Waals surface area contributed by atoms with Crippen molar-refractivity contribution in [3.63, 3.8) is 0 Å². The van der Waals surface area contributed by atoms with E-state index < -0.39 is 10.0 Å². The molecule has 5 rings (SSSR count). The van der Waals surface area contributed by atoms with Crippen LogP contribution in [0, 0.1) is 0 Å². The molecule has 4 heterocycles. The highest BCUT2D eigenvalue weighted by molar-refractivity contribution is 9.10. The zero-order valence-corrected chi connectivity index (χ0v) is 21.8. The van der Waals surface area contributed by atoms with E-state index in [4.69, 9.17) is 28.2 Å². The summed E-state index contributed by atoms with van der Waals surface area (Å²) in [6, 6.07) is 12.7. The minimum atomic E-state index is -3.53. The fraction of sp³-hybridized carbons (Fsp3) is 0.238. The minimum absolute atomic E-state index is 0.0797. The van der Waals surface area contributed by atoms with Crippen LogP contribution in [0.4, 0.5) is 5.82 Å². The van der Waals surface area contributed by atoms with Crippen LogP contribution in [-0.4, -0.2) is 46.5 Å². The van der Waals surface area contributed by atoms with Crippen LogP contribution >= 0.6 is 50.5 Å². The van der Waals surface area contributed by atoms with Crippen molar-refractivity contribution in [2.45, 2.75) is 23.1 Å². The van der Waals surface area contributed by atoms with Crippen molar-refractivity contribution < 1.29 is 8.42 Å². The van der Waals surface area contributed by atoms with Crippen molar-refractivity contribution in [1.29, 1.82) is 0 Å². The lowest BCUT2D eigenvalue weighted by atomic mass is 10.1. The Kier molecular flexibility index (Phi) is 6.41. The first kappa shape index (κ1) is 23.1. The highest BCUT2D eigenvalue weighted by Crippen LogP contribution is 2.32. The molecule has 4 aromatic rings. The van der Waals surface area contributed by atoms with E-state index in [9.17, 15) is 8.42 Å². The lowest BCUT2D eigenvalue weighted by Crippen LogP contribution is -2.42. The summed E-state index contributed by atoms with van der Waals surface area (Å²) in [4.78, 5) is 4.73. The minimum Gasteiger partial charge on any atom is -0.367 e. The van der Waals surface area contributed by atoms with E-state index in [0.717, 1.165) is 32.9 Å². The van der Waals surface area contributed by atoms with Gasteiger partial charge >= 0.3 is 0 Å². The Bertz CT molecular complexity index is 1430. The number of hydrogen-bond donors (Lipinski definition) is 1. The molecule has 1 aliphatic rings. The van der Waals surface area contributed by atoms with E-state index >= 15 is 0 Å². The first-order chi connectivity index (χ1) is 15.8. The second kappa shape index (κ2) is 9.16. The van der Waals surface area contributed by atoms with E-state index in [0.29, 0.717) is 40.9 Å². The predicted molar refractivity (Wildman–Crippen MR) is 136 cm³/mol. The van der Waals surface area contributed by atoms with Gasteiger partial charge in [-0.1, -0.05) is 41.4 Å². The summed E-state index contributed by atoms with van der Waals surface area (Å²) >= 11 is 16.9. The van der Waals surface area contributed by atoms with Gasteiger partial charge in [-0.3, -0.25) is 0 Å². The number of nitrogens with one attached hydrogen (secondary N) is 1. The molecule has 12 heteroatoms. The van der Waals surface area contributed by atoms with Crippen LogP contribution in [0.15, 0.2) is 57.3 Å². The van der Waals surface area contributed by atoms with Gasteiger partial charge in [0.2, 0.25) is 0 Å². The highest BCUT2D eigenvalue weighted by atomic mass is 79.9. The molecular weight excluding hydrogens is 569 g/mol. The maximum absolute atomic E-state index is 12.9. The lowest BCUT2D eigenvalue weighted by Gasteiger charge is -2.31. The Morgan fingerprint density at radius 2 is 1.88 bits per heavy atom. The number of fused-ring (bicyclic) bond motifs is 1. The standard InChI is InChI=1S/C21H18BrCl2N5O2S2/c22-15-12-25-29-19(11-17(27-21(15)29)14-3-1-2-4-16(14)23)26-13-7-9-28(10-8-13)33(30,31)20-6-5-18(24)32-20/h1-6,11-13,26H,7-10H2. The summed E-state index contributed by atoms with van der Waals surface area (Å²) < 4.78 is 30.6. The van der Waals surface area contributed by atoms with E-state index in [1.54, 1.807) is 22.8 Å². The van der Waals surface area contributed by atoms with Crippen LogP contribution in [0.25, 0.3) is 16.9 Å². The molecule has 33 heavy (non-hydrogen) atoms. The van der Waals surface area contributed by atoms with Crippen molar-refractivity contribution in [3.8, 4) is 11.3 Å². The Labute approximate surface area is 213 Å². The van der Waals surface area contributed by atoms with Gasteiger partial charge in [0, 0.05) is 35.8 Å². The zero-order valence-electron chi connectivity index (χ0n) is 17.1. The third-order valence-electron chi connectivity index (χ3n) is 5.53. The number of sulfonamides is 1. The summed E-state index contributed by atoms with van der Waals surface area (Å²) in [5, 5.41) is 8.58. The molecule has 0 saturated carbocycles. The molecule has 1 fully saturated rings. The Morgan fingerprint density at radius 3 is 2.58 bits per heavy atom. The summed E-state index contributed by atoms with van der Waals surface area (Å²) in [7, 11) is -3.53. The number of piperidine rings is 1. The number of anilines is 1. The lowest BCUT2D eigenvalue weighted by molar-refractivity contribution is 0.330. The van der Waals surface area contributed by atoms with Crippen LogP contribution < -0.4 is 5.32 Å². The molecule has 3 aromatic heterocycles. The zero-order chi connectivity index (χ0) is 23.2. The molecule has 172 valence electrons. The molecule has 7 nitrogen and oxygen atoms in total. The molecule has 0 spiro atoms. The summed E-state index contributed by atoms with van der Waals surface area (Å²) in [5.41, 5.74) is 2.23. The quantitative estimate of drug-likeness (QED) is 0.320. The van der Waals surface area contributed by atoms with Crippen LogP contribution in [-0.2, 0) is 10.0 Å². The summed E-state index contributed by atoms with van der Waals surface area (Å²) in [6.45, 7) is 0.841. The fourth-order valence-corrected chi connectivity index (χ4v) is 7.55. The average molecular weight is 587 g/mol. The average Bonchev–Trinajstić information content (AvgIpc) is 3.41. The SMILES string of the molecule is O=S(=O)(c1ccc(Cl)s1)N1CCC(Nc2cc(-c3ccccc3Cl)nc3c(Br)cnn23)CC1. The van der Waals surface area contributed by atoms with E-state index in [2.05, 4.69) is 26.3 Å². The topological polar surface area (TPSA) is 79.6 Å². The van der Waals surface area contributed by atoms with Crippen LogP contribution in [0.5, 0.6) is 0 Å². The molecule has 0 bridgehead atoms. The second-order valence-corrected chi connectivity index (χ2v) is 12.8. The van der Waals surface area contributed by atoms with Gasteiger partial charge in [-0.05, 0) is 47.0 Å². The highest BCUT2D eigenvalue weighted by Gasteiger charge is 2.31. The van der Waals surface area contributed by atoms with Gasteiger partial charge in [-0.25, -0.2) is 13.4 Å². The Balaban J connectivity index is 1.38.